The third kappa shape index (κ3) is 5.10. The van der Waals surface area contributed by atoms with Crippen LogP contribution in [0.15, 0.2) is 60.8 Å². The van der Waals surface area contributed by atoms with Gasteiger partial charge in [0, 0.05) is 37.5 Å². The number of aromatic nitrogens is 2. The van der Waals surface area contributed by atoms with Gasteiger partial charge in [-0.15, -0.1) is 0 Å². The maximum Gasteiger partial charge on any atom is 0.257 e. The average Bonchev–Trinajstić information content (AvgIpc) is 3.31. The van der Waals surface area contributed by atoms with Crippen LogP contribution in [0.2, 0.25) is 0 Å². The fraction of sp³-hybridized carbons (Fsp3) is 0.143. The number of carbonyl (C=O) groups excluding carboxylic acids is 3. The first-order valence-electron chi connectivity index (χ1n) is 12.2. The number of rotatable bonds is 8. The standard InChI is InChI=1S/C28H23F3N6O3/c1-37-12-10-19-22(28(37)40)26(35-20-4-2-3-18(30)23(20)31)24(34-19)16-9-11-32-21(13-16)36-27(39)25(33-14-38)15-5-7-17(29)8-6-15/h2-9,11,13-14,25,34-35H,10,12H2,1H3,(H,33,38)(H,32,36,39). The van der Waals surface area contributed by atoms with Crippen LogP contribution in [0.3, 0.4) is 0 Å². The molecular formula is C28H23F3N6O3. The van der Waals surface area contributed by atoms with E-state index in [-0.39, 0.29) is 23.1 Å². The number of fused-ring (bicyclic) bond motifs is 1. The van der Waals surface area contributed by atoms with Crippen molar-refractivity contribution in [2.24, 2.45) is 0 Å². The van der Waals surface area contributed by atoms with E-state index in [4.69, 9.17) is 0 Å². The Balaban J connectivity index is 1.51. The molecule has 4 N–H and O–H groups in total. The second kappa shape index (κ2) is 10.9. The highest BCUT2D eigenvalue weighted by molar-refractivity contribution is 6.06. The summed E-state index contributed by atoms with van der Waals surface area (Å²) in [7, 11) is 1.65. The molecule has 12 heteroatoms. The van der Waals surface area contributed by atoms with Crippen LogP contribution in [0.25, 0.3) is 11.3 Å². The highest BCUT2D eigenvalue weighted by atomic mass is 19.2. The van der Waals surface area contributed by atoms with Gasteiger partial charge in [-0.3, -0.25) is 14.4 Å². The number of hydrogen-bond donors (Lipinski definition) is 4. The van der Waals surface area contributed by atoms with Crippen molar-refractivity contribution in [3.05, 3.63) is 95.1 Å². The average molecular weight is 549 g/mol. The molecule has 9 nitrogen and oxygen atoms in total. The van der Waals surface area contributed by atoms with E-state index < -0.39 is 29.4 Å². The molecule has 1 aliphatic rings. The molecule has 204 valence electrons. The van der Waals surface area contributed by atoms with Gasteiger partial charge in [0.25, 0.3) is 11.8 Å². The lowest BCUT2D eigenvalue weighted by atomic mass is 10.0. The van der Waals surface area contributed by atoms with Crippen molar-refractivity contribution in [2.75, 3.05) is 24.2 Å². The molecule has 1 atom stereocenters. The van der Waals surface area contributed by atoms with Crippen LogP contribution in [-0.2, 0) is 16.0 Å². The molecule has 4 aromatic rings. The number of nitrogens with one attached hydrogen (secondary N) is 4. The summed E-state index contributed by atoms with van der Waals surface area (Å²) in [6, 6.07) is 10.8. The van der Waals surface area contributed by atoms with Gasteiger partial charge in [-0.25, -0.2) is 18.2 Å². The van der Waals surface area contributed by atoms with Gasteiger partial charge in [-0.1, -0.05) is 18.2 Å². The van der Waals surface area contributed by atoms with Crippen LogP contribution in [0.4, 0.5) is 30.4 Å². The number of carbonyl (C=O) groups is 3. The molecule has 0 saturated carbocycles. The zero-order valence-electron chi connectivity index (χ0n) is 21.1. The number of halogens is 3. The minimum atomic E-state index is -1.12. The normalized spacial score (nSPS) is 13.4. The largest absolute Gasteiger partial charge is 0.356 e. The maximum atomic E-state index is 14.6. The molecule has 3 heterocycles. The summed E-state index contributed by atoms with van der Waals surface area (Å²) in [5.41, 5.74) is 2.23. The summed E-state index contributed by atoms with van der Waals surface area (Å²) >= 11 is 0. The highest BCUT2D eigenvalue weighted by Gasteiger charge is 2.31. The monoisotopic (exact) mass is 548 g/mol. The fourth-order valence-electron chi connectivity index (χ4n) is 4.52. The summed E-state index contributed by atoms with van der Waals surface area (Å²) in [6.07, 6.45) is 2.28. The molecule has 5 rings (SSSR count). The smallest absolute Gasteiger partial charge is 0.257 e. The van der Waals surface area contributed by atoms with Gasteiger partial charge in [0.05, 0.1) is 22.6 Å². The third-order valence-electron chi connectivity index (χ3n) is 6.55. The van der Waals surface area contributed by atoms with Crippen LogP contribution < -0.4 is 16.0 Å². The zero-order chi connectivity index (χ0) is 28.4. The molecule has 1 unspecified atom stereocenters. The number of H-pyrrole nitrogens is 1. The molecule has 0 fully saturated rings. The highest BCUT2D eigenvalue weighted by Crippen LogP contribution is 2.39. The third-order valence-corrected chi connectivity index (χ3v) is 6.55. The second-order valence-corrected chi connectivity index (χ2v) is 9.12. The molecule has 1 aliphatic heterocycles. The van der Waals surface area contributed by atoms with Crippen molar-refractivity contribution < 1.29 is 27.6 Å². The summed E-state index contributed by atoms with van der Waals surface area (Å²) in [4.78, 5) is 46.2. The van der Waals surface area contributed by atoms with Gasteiger partial charge in [0.2, 0.25) is 6.41 Å². The lowest BCUT2D eigenvalue weighted by molar-refractivity contribution is -0.121. The van der Waals surface area contributed by atoms with Crippen molar-refractivity contribution in [2.45, 2.75) is 12.5 Å². The number of nitrogens with zero attached hydrogens (tertiary/aromatic N) is 2. The molecule has 0 aliphatic carbocycles. The number of benzene rings is 2. The van der Waals surface area contributed by atoms with E-state index in [0.717, 1.165) is 6.07 Å². The van der Waals surface area contributed by atoms with E-state index in [1.54, 1.807) is 13.1 Å². The predicted molar refractivity (Wildman–Crippen MR) is 141 cm³/mol. The van der Waals surface area contributed by atoms with Gasteiger partial charge >= 0.3 is 0 Å². The van der Waals surface area contributed by atoms with Crippen LogP contribution in [-0.4, -0.2) is 46.7 Å². The van der Waals surface area contributed by atoms with Crippen molar-refractivity contribution >= 4 is 35.4 Å². The molecular weight excluding hydrogens is 525 g/mol. The Bertz CT molecular complexity index is 1610. The maximum absolute atomic E-state index is 14.6. The molecule has 0 spiro atoms. The van der Waals surface area contributed by atoms with Crippen LogP contribution in [0.5, 0.6) is 0 Å². The van der Waals surface area contributed by atoms with Gasteiger partial charge in [-0.05, 0) is 42.0 Å². The van der Waals surface area contributed by atoms with E-state index in [1.807, 2.05) is 0 Å². The number of anilines is 3. The summed E-state index contributed by atoms with van der Waals surface area (Å²) in [5.74, 6) is -3.46. The molecule has 0 bridgehead atoms. The minimum absolute atomic E-state index is 0.112. The van der Waals surface area contributed by atoms with E-state index in [9.17, 15) is 27.6 Å². The summed E-state index contributed by atoms with van der Waals surface area (Å²) in [6.45, 7) is 0.464. The van der Waals surface area contributed by atoms with Crippen molar-refractivity contribution in [1.29, 1.82) is 0 Å². The Hall–Kier alpha value is -5.13. The van der Waals surface area contributed by atoms with Gasteiger partial charge in [0.1, 0.15) is 17.7 Å². The Morgan fingerprint density at radius 1 is 1.12 bits per heavy atom. The fourth-order valence-corrected chi connectivity index (χ4v) is 4.52. The van der Waals surface area contributed by atoms with Crippen LogP contribution in [0, 0.1) is 17.5 Å². The lowest BCUT2D eigenvalue weighted by Gasteiger charge is -2.23. The van der Waals surface area contributed by atoms with E-state index in [0.29, 0.717) is 47.5 Å². The first-order chi connectivity index (χ1) is 19.3. The number of hydrogen-bond acceptors (Lipinski definition) is 5. The molecule has 40 heavy (non-hydrogen) atoms. The lowest BCUT2D eigenvalue weighted by Crippen LogP contribution is -2.34. The summed E-state index contributed by atoms with van der Waals surface area (Å²) < 4.78 is 41.9. The number of likely N-dealkylation sites (N-methyl/N-ethyl adjacent to an activating group) is 1. The second-order valence-electron chi connectivity index (χ2n) is 9.12. The van der Waals surface area contributed by atoms with Crippen LogP contribution >= 0.6 is 0 Å². The number of aromatic amines is 1. The van der Waals surface area contributed by atoms with Crippen molar-refractivity contribution in [1.82, 2.24) is 20.2 Å². The minimum Gasteiger partial charge on any atom is -0.356 e. The van der Waals surface area contributed by atoms with E-state index >= 15 is 0 Å². The Labute approximate surface area is 226 Å². The van der Waals surface area contributed by atoms with E-state index in [2.05, 4.69) is 25.9 Å². The Kier molecular flexibility index (Phi) is 7.23. The van der Waals surface area contributed by atoms with Gasteiger partial charge in [-0.2, -0.15) is 0 Å². The van der Waals surface area contributed by atoms with Gasteiger partial charge < -0.3 is 25.8 Å². The first kappa shape index (κ1) is 26.5. The van der Waals surface area contributed by atoms with Crippen molar-refractivity contribution in [3.8, 4) is 11.3 Å². The molecule has 2 aromatic heterocycles. The van der Waals surface area contributed by atoms with E-state index in [1.165, 1.54) is 53.6 Å². The molecule has 3 amide bonds. The predicted octanol–water partition coefficient (Wildman–Crippen LogP) is 4.29. The Morgan fingerprint density at radius 2 is 1.90 bits per heavy atom. The topological polar surface area (TPSA) is 119 Å². The van der Waals surface area contributed by atoms with Gasteiger partial charge in [0.15, 0.2) is 11.6 Å². The molecule has 0 radical (unpaired) electrons. The number of pyridine rings is 1. The SMILES string of the molecule is CN1CCc2[nH]c(-c3ccnc(NC(=O)C(NC=O)c4ccc(F)cc4)c3)c(Nc3cccc(F)c3F)c2C1=O. The molecule has 2 aromatic carbocycles. The number of amides is 3. The Morgan fingerprint density at radius 3 is 2.65 bits per heavy atom. The first-order valence-corrected chi connectivity index (χ1v) is 12.2. The molecule has 0 saturated heterocycles. The quantitative estimate of drug-likeness (QED) is 0.245. The van der Waals surface area contributed by atoms with Crippen molar-refractivity contribution in [3.63, 3.8) is 0 Å². The van der Waals surface area contributed by atoms with Crippen LogP contribution in [0.1, 0.15) is 27.7 Å². The zero-order valence-corrected chi connectivity index (χ0v) is 21.1. The summed E-state index contributed by atoms with van der Waals surface area (Å²) in [5, 5.41) is 7.91.